The monoisotopic (exact) mass is 436 g/mol. The summed E-state index contributed by atoms with van der Waals surface area (Å²) in [5, 5.41) is 3.38. The van der Waals surface area contributed by atoms with Crippen molar-refractivity contribution in [3.05, 3.63) is 56.6 Å². The number of benzene rings is 2. The third-order valence-corrected chi connectivity index (χ3v) is 5.16. The summed E-state index contributed by atoms with van der Waals surface area (Å²) in [4.78, 5) is 0.206. The lowest BCUT2D eigenvalue weighted by atomic mass is 10.2. The molecule has 0 aliphatic heterocycles. The van der Waals surface area contributed by atoms with Crippen molar-refractivity contribution in [1.82, 2.24) is 5.32 Å². The van der Waals surface area contributed by atoms with Crippen LogP contribution in [0.1, 0.15) is 5.56 Å². The van der Waals surface area contributed by atoms with Crippen molar-refractivity contribution in [2.24, 2.45) is 0 Å². The van der Waals surface area contributed by atoms with E-state index in [0.29, 0.717) is 17.3 Å². The van der Waals surface area contributed by atoms with Crippen molar-refractivity contribution < 1.29 is 8.42 Å². The van der Waals surface area contributed by atoms with E-state index >= 15 is 0 Å². The number of anilines is 1. The lowest BCUT2D eigenvalue weighted by molar-refractivity contribution is 0.601. The third-order valence-electron chi connectivity index (χ3n) is 2.79. The maximum absolute atomic E-state index is 12.3. The summed E-state index contributed by atoms with van der Waals surface area (Å²) >= 11 is 8.16. The van der Waals surface area contributed by atoms with Gasteiger partial charge in [-0.3, -0.25) is 4.72 Å². The van der Waals surface area contributed by atoms with Crippen molar-refractivity contribution in [2.45, 2.75) is 11.4 Å². The van der Waals surface area contributed by atoms with Crippen LogP contribution in [0.4, 0.5) is 5.69 Å². The van der Waals surface area contributed by atoms with Gasteiger partial charge in [0.05, 0.1) is 15.6 Å². The molecule has 0 atom stereocenters. The number of halogens is 2. The summed E-state index contributed by atoms with van der Waals surface area (Å²) in [7, 11) is -1.80. The second-order valence-corrected chi connectivity index (χ2v) is 7.74. The summed E-state index contributed by atoms with van der Waals surface area (Å²) in [6.07, 6.45) is 0. The third kappa shape index (κ3) is 4.32. The van der Waals surface area contributed by atoms with Crippen LogP contribution in [0, 0.1) is 3.57 Å². The van der Waals surface area contributed by atoms with Gasteiger partial charge in [-0.15, -0.1) is 0 Å². The van der Waals surface area contributed by atoms with Crippen LogP contribution in [-0.2, 0) is 16.6 Å². The largest absolute Gasteiger partial charge is 0.316 e. The Labute approximate surface area is 143 Å². The maximum Gasteiger partial charge on any atom is 0.261 e. The minimum absolute atomic E-state index is 0.206. The molecule has 0 unspecified atom stereocenters. The first-order valence-electron chi connectivity index (χ1n) is 6.14. The lowest BCUT2D eigenvalue weighted by Crippen LogP contribution is -2.13. The molecule has 0 saturated heterocycles. The van der Waals surface area contributed by atoms with Gasteiger partial charge in [-0.05, 0) is 65.5 Å². The number of rotatable bonds is 5. The van der Waals surface area contributed by atoms with Gasteiger partial charge in [0, 0.05) is 10.1 Å². The molecule has 4 nitrogen and oxygen atoms in total. The van der Waals surface area contributed by atoms with Gasteiger partial charge in [0.15, 0.2) is 0 Å². The SMILES string of the molecule is CNCc1ccc(S(=O)(=O)Nc2ccc(I)cc2Cl)cc1. The van der Waals surface area contributed by atoms with Crippen LogP contribution in [0.15, 0.2) is 47.4 Å². The second-order valence-electron chi connectivity index (χ2n) is 4.40. The molecule has 0 aliphatic carbocycles. The molecule has 0 fully saturated rings. The van der Waals surface area contributed by atoms with E-state index in [0.717, 1.165) is 9.13 Å². The van der Waals surface area contributed by atoms with Crippen molar-refractivity contribution in [1.29, 1.82) is 0 Å². The molecule has 0 radical (unpaired) electrons. The Bertz CT molecular complexity index is 733. The number of hydrogen-bond acceptors (Lipinski definition) is 3. The molecule has 0 saturated carbocycles. The van der Waals surface area contributed by atoms with Gasteiger partial charge in [-0.2, -0.15) is 0 Å². The van der Waals surface area contributed by atoms with E-state index in [9.17, 15) is 8.42 Å². The fourth-order valence-electron chi connectivity index (χ4n) is 1.77. The van der Waals surface area contributed by atoms with Crippen molar-refractivity contribution in [3.63, 3.8) is 0 Å². The molecule has 2 N–H and O–H groups in total. The lowest BCUT2D eigenvalue weighted by Gasteiger charge is -2.10. The molecule has 0 aromatic heterocycles. The summed E-state index contributed by atoms with van der Waals surface area (Å²) in [5.74, 6) is 0. The van der Waals surface area contributed by atoms with E-state index in [1.165, 1.54) is 0 Å². The van der Waals surface area contributed by atoms with Gasteiger partial charge in [-0.1, -0.05) is 23.7 Å². The summed E-state index contributed by atoms with van der Waals surface area (Å²) in [6.45, 7) is 0.691. The second kappa shape index (κ2) is 6.95. The molecular formula is C14H14ClIN2O2S. The summed E-state index contributed by atoms with van der Waals surface area (Å²) in [6, 6.07) is 11.9. The Morgan fingerprint density at radius 3 is 2.38 bits per heavy atom. The molecule has 0 bridgehead atoms. The molecular weight excluding hydrogens is 423 g/mol. The van der Waals surface area contributed by atoms with E-state index in [2.05, 4.69) is 32.6 Å². The highest BCUT2D eigenvalue weighted by Crippen LogP contribution is 2.26. The molecule has 0 amide bonds. The smallest absolute Gasteiger partial charge is 0.261 e. The first-order chi connectivity index (χ1) is 9.92. The zero-order valence-corrected chi connectivity index (χ0v) is 15.0. The average Bonchev–Trinajstić information content (AvgIpc) is 2.43. The van der Waals surface area contributed by atoms with Crippen LogP contribution in [0.25, 0.3) is 0 Å². The molecule has 2 aromatic carbocycles. The van der Waals surface area contributed by atoms with Crippen LogP contribution in [0.5, 0.6) is 0 Å². The van der Waals surface area contributed by atoms with Gasteiger partial charge in [0.2, 0.25) is 0 Å². The highest BCUT2D eigenvalue weighted by Gasteiger charge is 2.15. The Kier molecular flexibility index (Phi) is 5.48. The van der Waals surface area contributed by atoms with Crippen LogP contribution in [0.2, 0.25) is 5.02 Å². The molecule has 0 spiro atoms. The highest BCUT2D eigenvalue weighted by molar-refractivity contribution is 14.1. The average molecular weight is 437 g/mol. The first-order valence-corrected chi connectivity index (χ1v) is 9.08. The van der Waals surface area contributed by atoms with Crippen molar-refractivity contribution in [3.8, 4) is 0 Å². The van der Waals surface area contributed by atoms with Crippen LogP contribution >= 0.6 is 34.2 Å². The molecule has 112 valence electrons. The van der Waals surface area contributed by atoms with Gasteiger partial charge in [0.25, 0.3) is 10.0 Å². The van der Waals surface area contributed by atoms with Crippen molar-refractivity contribution in [2.75, 3.05) is 11.8 Å². The molecule has 2 aromatic rings. The molecule has 2 rings (SSSR count). The Hall–Kier alpha value is -0.830. The van der Waals surface area contributed by atoms with Crippen LogP contribution in [0.3, 0.4) is 0 Å². The van der Waals surface area contributed by atoms with E-state index < -0.39 is 10.0 Å². The predicted octanol–water partition coefficient (Wildman–Crippen LogP) is 3.46. The summed E-state index contributed by atoms with van der Waals surface area (Å²) < 4.78 is 28.1. The normalized spacial score (nSPS) is 11.4. The van der Waals surface area contributed by atoms with E-state index in [4.69, 9.17) is 11.6 Å². The zero-order valence-electron chi connectivity index (χ0n) is 11.2. The predicted molar refractivity (Wildman–Crippen MR) is 94.2 cm³/mol. The van der Waals surface area contributed by atoms with Gasteiger partial charge in [0.1, 0.15) is 0 Å². The molecule has 7 heteroatoms. The Morgan fingerprint density at radius 2 is 1.81 bits per heavy atom. The topological polar surface area (TPSA) is 58.2 Å². The molecule has 21 heavy (non-hydrogen) atoms. The van der Waals surface area contributed by atoms with Gasteiger partial charge >= 0.3 is 0 Å². The van der Waals surface area contributed by atoms with E-state index in [1.54, 1.807) is 42.5 Å². The first kappa shape index (κ1) is 16.5. The minimum Gasteiger partial charge on any atom is -0.316 e. The maximum atomic E-state index is 12.3. The van der Waals surface area contributed by atoms with E-state index in [-0.39, 0.29) is 4.90 Å². The fourth-order valence-corrected chi connectivity index (χ4v) is 3.81. The number of hydrogen-bond donors (Lipinski definition) is 2. The van der Waals surface area contributed by atoms with Crippen LogP contribution < -0.4 is 10.0 Å². The Morgan fingerprint density at radius 1 is 1.14 bits per heavy atom. The van der Waals surface area contributed by atoms with Gasteiger partial charge in [-0.25, -0.2) is 8.42 Å². The highest BCUT2D eigenvalue weighted by atomic mass is 127. The zero-order chi connectivity index (χ0) is 15.5. The van der Waals surface area contributed by atoms with Gasteiger partial charge < -0.3 is 5.32 Å². The number of nitrogens with one attached hydrogen (secondary N) is 2. The molecule has 0 aliphatic rings. The Balaban J connectivity index is 2.25. The molecule has 0 heterocycles. The number of sulfonamides is 1. The van der Waals surface area contributed by atoms with E-state index in [1.807, 2.05) is 7.05 Å². The summed E-state index contributed by atoms with van der Waals surface area (Å²) in [5.41, 5.74) is 1.39. The standard InChI is InChI=1S/C14H14ClIN2O2S/c1-17-9-10-2-5-12(6-3-10)21(19,20)18-14-7-4-11(16)8-13(14)15/h2-8,17-18H,9H2,1H3. The van der Waals surface area contributed by atoms with Crippen molar-refractivity contribution >= 4 is 49.9 Å². The van der Waals surface area contributed by atoms with Crippen LogP contribution in [-0.4, -0.2) is 15.5 Å². The fraction of sp³-hybridized carbons (Fsp3) is 0.143. The minimum atomic E-state index is -3.64. The quantitative estimate of drug-likeness (QED) is 0.706.